The van der Waals surface area contributed by atoms with Crippen molar-refractivity contribution in [1.29, 1.82) is 0 Å². The molecule has 0 aromatic carbocycles. The van der Waals surface area contributed by atoms with Gasteiger partial charge in [-0.1, -0.05) is 5.57 Å². The van der Waals surface area contributed by atoms with Crippen LogP contribution >= 0.6 is 23.5 Å². The van der Waals surface area contributed by atoms with Crippen LogP contribution in [0.15, 0.2) is 12.2 Å². The Morgan fingerprint density at radius 2 is 2.23 bits per heavy atom. The van der Waals surface area contributed by atoms with Crippen LogP contribution in [-0.2, 0) is 4.79 Å². The van der Waals surface area contributed by atoms with E-state index in [9.17, 15) is 4.79 Å². The van der Waals surface area contributed by atoms with Crippen LogP contribution in [-0.4, -0.2) is 28.3 Å². The molecule has 1 unspecified atom stereocenters. The van der Waals surface area contributed by atoms with Gasteiger partial charge in [0.2, 0.25) is 0 Å². The summed E-state index contributed by atoms with van der Waals surface area (Å²) in [6.07, 6.45) is 1.55. The van der Waals surface area contributed by atoms with Crippen molar-refractivity contribution < 1.29 is 4.79 Å². The smallest absolute Gasteiger partial charge is 0.146 e. The van der Waals surface area contributed by atoms with Crippen LogP contribution in [0.4, 0.5) is 0 Å². The van der Waals surface area contributed by atoms with Gasteiger partial charge in [0, 0.05) is 23.7 Å². The third kappa shape index (κ3) is 4.23. The SMILES string of the molecule is C=C(C)CCC(=O)C1CSCCS1. The number of carbonyl (C=O) groups excluding carboxylic acids is 1. The number of hydrogen-bond donors (Lipinski definition) is 0. The normalized spacial score (nSPS) is 22.7. The van der Waals surface area contributed by atoms with Crippen molar-refractivity contribution >= 4 is 29.3 Å². The van der Waals surface area contributed by atoms with Crippen LogP contribution < -0.4 is 0 Å². The molecule has 0 aliphatic carbocycles. The van der Waals surface area contributed by atoms with E-state index in [2.05, 4.69) is 6.58 Å². The second-order valence-electron chi connectivity index (χ2n) is 3.36. The molecule has 1 aliphatic rings. The van der Waals surface area contributed by atoms with Crippen LogP contribution in [0.3, 0.4) is 0 Å². The van der Waals surface area contributed by atoms with E-state index in [1.54, 1.807) is 0 Å². The number of Topliss-reactive ketones (excluding diaryl/α,β-unsaturated/α-hetero) is 1. The molecule has 0 N–H and O–H groups in total. The summed E-state index contributed by atoms with van der Waals surface area (Å²) in [5, 5.41) is 0.262. The minimum atomic E-state index is 0.262. The molecule has 74 valence electrons. The van der Waals surface area contributed by atoms with Gasteiger partial charge in [-0.2, -0.15) is 11.8 Å². The lowest BCUT2D eigenvalue weighted by Crippen LogP contribution is -2.23. The quantitative estimate of drug-likeness (QED) is 0.673. The molecule has 1 aliphatic heterocycles. The van der Waals surface area contributed by atoms with Gasteiger partial charge < -0.3 is 0 Å². The Bertz CT molecular complexity index is 195. The van der Waals surface area contributed by atoms with E-state index >= 15 is 0 Å². The van der Waals surface area contributed by atoms with E-state index in [0.29, 0.717) is 12.2 Å². The third-order valence-electron chi connectivity index (χ3n) is 1.97. The maximum atomic E-state index is 11.6. The first-order valence-corrected chi connectivity index (χ1v) is 6.77. The average Bonchev–Trinajstić information content (AvgIpc) is 2.15. The van der Waals surface area contributed by atoms with Crippen molar-refractivity contribution in [2.45, 2.75) is 25.0 Å². The summed E-state index contributed by atoms with van der Waals surface area (Å²) in [5.41, 5.74) is 1.11. The topological polar surface area (TPSA) is 17.1 Å². The van der Waals surface area contributed by atoms with Gasteiger partial charge in [-0.05, 0) is 13.3 Å². The number of carbonyl (C=O) groups is 1. The third-order valence-corrected chi connectivity index (χ3v) is 4.78. The van der Waals surface area contributed by atoms with E-state index in [0.717, 1.165) is 23.5 Å². The van der Waals surface area contributed by atoms with Gasteiger partial charge in [-0.15, -0.1) is 18.3 Å². The van der Waals surface area contributed by atoms with Crippen molar-refractivity contribution in [2.75, 3.05) is 17.3 Å². The molecule has 0 radical (unpaired) electrons. The minimum absolute atomic E-state index is 0.262. The lowest BCUT2D eigenvalue weighted by Gasteiger charge is -2.19. The Kier molecular flexibility index (Phi) is 4.96. The number of thioether (sulfide) groups is 2. The second-order valence-corrected chi connectivity index (χ2v) is 5.82. The second kappa shape index (κ2) is 5.76. The van der Waals surface area contributed by atoms with Gasteiger partial charge in [-0.3, -0.25) is 4.79 Å². The van der Waals surface area contributed by atoms with E-state index in [1.807, 2.05) is 30.4 Å². The highest BCUT2D eigenvalue weighted by molar-refractivity contribution is 8.07. The Morgan fingerprint density at radius 3 is 2.77 bits per heavy atom. The molecular formula is C10H16OS2. The maximum absolute atomic E-state index is 11.6. The molecule has 3 heteroatoms. The summed E-state index contributed by atoms with van der Waals surface area (Å²) < 4.78 is 0. The summed E-state index contributed by atoms with van der Waals surface area (Å²) in [4.78, 5) is 11.6. The monoisotopic (exact) mass is 216 g/mol. The Labute approximate surface area is 88.7 Å². The summed E-state index contributed by atoms with van der Waals surface area (Å²) in [6, 6.07) is 0. The number of hydrogen-bond acceptors (Lipinski definition) is 3. The highest BCUT2D eigenvalue weighted by Crippen LogP contribution is 2.25. The van der Waals surface area contributed by atoms with E-state index in [4.69, 9.17) is 0 Å². The molecule has 0 bridgehead atoms. The van der Waals surface area contributed by atoms with Crippen LogP contribution in [0.25, 0.3) is 0 Å². The first-order valence-electron chi connectivity index (χ1n) is 4.56. The maximum Gasteiger partial charge on any atom is 0.146 e. The van der Waals surface area contributed by atoms with Gasteiger partial charge in [0.15, 0.2) is 0 Å². The number of allylic oxidation sites excluding steroid dienone is 1. The molecule has 0 amide bonds. The fraction of sp³-hybridized carbons (Fsp3) is 0.700. The zero-order chi connectivity index (χ0) is 9.68. The van der Waals surface area contributed by atoms with Crippen LogP contribution in [0.1, 0.15) is 19.8 Å². The van der Waals surface area contributed by atoms with Crippen LogP contribution in [0.5, 0.6) is 0 Å². The molecule has 0 spiro atoms. The molecule has 1 rings (SSSR count). The summed E-state index contributed by atoms with van der Waals surface area (Å²) >= 11 is 3.72. The van der Waals surface area contributed by atoms with E-state index < -0.39 is 0 Å². The highest BCUT2D eigenvalue weighted by atomic mass is 32.2. The summed E-state index contributed by atoms with van der Waals surface area (Å²) in [5.74, 6) is 3.77. The highest BCUT2D eigenvalue weighted by Gasteiger charge is 2.21. The van der Waals surface area contributed by atoms with Gasteiger partial charge in [0.25, 0.3) is 0 Å². The number of ketones is 1. The first kappa shape index (κ1) is 11.2. The summed E-state index contributed by atoms with van der Waals surface area (Å²) in [6.45, 7) is 5.79. The minimum Gasteiger partial charge on any atom is -0.298 e. The van der Waals surface area contributed by atoms with Gasteiger partial charge in [0.05, 0.1) is 5.25 Å². The first-order chi connectivity index (χ1) is 6.20. The lowest BCUT2D eigenvalue weighted by molar-refractivity contribution is -0.118. The van der Waals surface area contributed by atoms with Gasteiger partial charge in [0.1, 0.15) is 5.78 Å². The Balaban J connectivity index is 2.25. The van der Waals surface area contributed by atoms with Gasteiger partial charge >= 0.3 is 0 Å². The lowest BCUT2D eigenvalue weighted by atomic mass is 10.1. The molecular weight excluding hydrogens is 200 g/mol. The molecule has 1 atom stereocenters. The fourth-order valence-corrected chi connectivity index (χ4v) is 3.86. The molecule has 0 aromatic heterocycles. The van der Waals surface area contributed by atoms with Crippen molar-refractivity contribution in [2.24, 2.45) is 0 Å². The van der Waals surface area contributed by atoms with Crippen molar-refractivity contribution in [3.05, 3.63) is 12.2 Å². The molecule has 1 nitrogen and oxygen atoms in total. The average molecular weight is 216 g/mol. The number of rotatable bonds is 4. The van der Waals surface area contributed by atoms with Crippen molar-refractivity contribution in [3.63, 3.8) is 0 Å². The largest absolute Gasteiger partial charge is 0.298 e. The molecule has 1 fully saturated rings. The Morgan fingerprint density at radius 1 is 1.46 bits per heavy atom. The molecule has 0 aromatic rings. The van der Waals surface area contributed by atoms with Crippen LogP contribution in [0, 0.1) is 0 Å². The zero-order valence-electron chi connectivity index (χ0n) is 8.04. The van der Waals surface area contributed by atoms with E-state index in [1.165, 1.54) is 5.75 Å². The van der Waals surface area contributed by atoms with E-state index in [-0.39, 0.29) is 5.25 Å². The molecule has 13 heavy (non-hydrogen) atoms. The standard InChI is InChI=1S/C10H16OS2/c1-8(2)3-4-9(11)10-7-12-5-6-13-10/h10H,1,3-7H2,2H3. The zero-order valence-corrected chi connectivity index (χ0v) is 9.68. The van der Waals surface area contributed by atoms with Gasteiger partial charge in [-0.25, -0.2) is 0 Å². The molecule has 0 saturated carbocycles. The Hall–Kier alpha value is 0.110. The van der Waals surface area contributed by atoms with Crippen molar-refractivity contribution in [1.82, 2.24) is 0 Å². The van der Waals surface area contributed by atoms with Crippen molar-refractivity contribution in [3.8, 4) is 0 Å². The summed E-state index contributed by atoms with van der Waals surface area (Å²) in [7, 11) is 0. The fourth-order valence-electron chi connectivity index (χ4n) is 1.17. The molecule has 1 heterocycles. The van der Waals surface area contributed by atoms with Crippen LogP contribution in [0.2, 0.25) is 0 Å². The molecule has 1 saturated heterocycles. The predicted octanol–water partition coefficient (Wildman–Crippen LogP) is 2.76. The predicted molar refractivity (Wildman–Crippen MR) is 62.6 cm³/mol.